The molecule has 0 saturated carbocycles. The third-order valence-electron chi connectivity index (χ3n) is 3.17. The van der Waals surface area contributed by atoms with Crippen LogP contribution in [0.5, 0.6) is 0 Å². The molecule has 0 atom stereocenters. The van der Waals surface area contributed by atoms with E-state index in [1.165, 1.54) is 10.5 Å². The Morgan fingerprint density at radius 3 is 3.05 bits per heavy atom. The molecule has 5 heteroatoms. The topological polar surface area (TPSA) is 45.8 Å². The number of hydrogen-bond acceptors (Lipinski definition) is 4. The van der Waals surface area contributed by atoms with Crippen LogP contribution in [0.1, 0.15) is 38.8 Å². The van der Waals surface area contributed by atoms with Gasteiger partial charge in [0, 0.05) is 27.8 Å². The van der Waals surface area contributed by atoms with E-state index in [1.54, 1.807) is 29.6 Å². The molecule has 0 aromatic carbocycles. The van der Waals surface area contributed by atoms with Crippen molar-refractivity contribution in [3.05, 3.63) is 49.8 Å². The van der Waals surface area contributed by atoms with Crippen LogP contribution in [0.25, 0.3) is 0 Å². The van der Waals surface area contributed by atoms with Crippen molar-refractivity contribution in [1.29, 1.82) is 0 Å². The number of unbranched alkanes of at least 4 members (excludes halogenated alkanes) is 1. The van der Waals surface area contributed by atoms with E-state index < -0.39 is 0 Å². The van der Waals surface area contributed by atoms with Gasteiger partial charge in [0.1, 0.15) is 0 Å². The molecule has 0 radical (unpaired) electrons. The van der Waals surface area contributed by atoms with Gasteiger partial charge in [0.25, 0.3) is 5.56 Å². The second kappa shape index (κ2) is 8.32. The van der Waals surface area contributed by atoms with Gasteiger partial charge in [-0.2, -0.15) is 0 Å². The van der Waals surface area contributed by atoms with Gasteiger partial charge >= 0.3 is 0 Å². The molecule has 0 spiro atoms. The Morgan fingerprint density at radius 1 is 1.43 bits per heavy atom. The summed E-state index contributed by atoms with van der Waals surface area (Å²) in [5.41, 5.74) is 5.28. The lowest BCUT2D eigenvalue weighted by Crippen LogP contribution is -2.10. The average molecular weight is 320 g/mol. The molecular weight excluding hydrogens is 300 g/mol. The van der Waals surface area contributed by atoms with Crippen molar-refractivity contribution in [3.63, 3.8) is 0 Å². The van der Waals surface area contributed by atoms with E-state index in [0.29, 0.717) is 0 Å². The van der Waals surface area contributed by atoms with Gasteiger partial charge < -0.3 is 4.98 Å². The van der Waals surface area contributed by atoms with Crippen LogP contribution >= 0.6 is 23.5 Å². The summed E-state index contributed by atoms with van der Waals surface area (Å²) in [5.74, 6) is 0.836. The average Bonchev–Trinajstić information content (AvgIpc) is 2.50. The molecule has 0 bridgehead atoms. The molecule has 1 aromatic rings. The van der Waals surface area contributed by atoms with Gasteiger partial charge in [0.05, 0.1) is 0 Å². The number of aromatic nitrogens is 2. The molecule has 0 amide bonds. The number of thioether (sulfide) groups is 2. The molecule has 2 rings (SSSR count). The predicted octanol–water partition coefficient (Wildman–Crippen LogP) is 4.28. The number of hydrogen-bond donors (Lipinski definition) is 1. The molecule has 1 N–H and O–H groups in total. The smallest absolute Gasteiger partial charge is 0.251 e. The lowest BCUT2D eigenvalue weighted by atomic mass is 10.2. The van der Waals surface area contributed by atoms with Crippen LogP contribution in [-0.2, 0) is 6.42 Å². The van der Waals surface area contributed by atoms with Crippen molar-refractivity contribution >= 4 is 23.5 Å². The molecule has 1 aromatic heterocycles. The molecule has 0 unspecified atom stereocenters. The fraction of sp³-hybridized carbons (Fsp3) is 0.438. The maximum atomic E-state index is 11.7. The van der Waals surface area contributed by atoms with Gasteiger partial charge in [-0.25, -0.2) is 4.98 Å². The molecular formula is C16H20N2OS2. The first-order valence-corrected chi connectivity index (χ1v) is 9.12. The van der Waals surface area contributed by atoms with E-state index in [2.05, 4.69) is 29.5 Å². The van der Waals surface area contributed by atoms with Crippen LogP contribution in [-0.4, -0.2) is 15.7 Å². The Morgan fingerprint density at radius 2 is 2.29 bits per heavy atom. The van der Waals surface area contributed by atoms with E-state index in [0.717, 1.165) is 42.3 Å². The van der Waals surface area contributed by atoms with Gasteiger partial charge in [-0.05, 0) is 30.9 Å². The van der Waals surface area contributed by atoms with Crippen LogP contribution < -0.4 is 5.56 Å². The number of nitrogens with zero attached hydrogens (tertiary/aromatic N) is 1. The lowest BCUT2D eigenvalue weighted by molar-refractivity contribution is 0.752. The molecule has 2 heterocycles. The normalized spacial score (nSPS) is 14.0. The lowest BCUT2D eigenvalue weighted by Gasteiger charge is -2.10. The Balaban J connectivity index is 2.06. The minimum atomic E-state index is -0.0561. The summed E-state index contributed by atoms with van der Waals surface area (Å²) >= 11 is 3.30. The Kier molecular flexibility index (Phi) is 6.43. The van der Waals surface area contributed by atoms with Crippen LogP contribution in [0.2, 0.25) is 0 Å². The number of rotatable bonds is 7. The van der Waals surface area contributed by atoms with Crippen LogP contribution in [0, 0.1) is 0 Å². The summed E-state index contributed by atoms with van der Waals surface area (Å²) in [6, 6.07) is 1.61. The summed E-state index contributed by atoms with van der Waals surface area (Å²) in [6.07, 6.45) is 6.09. The third-order valence-corrected chi connectivity index (χ3v) is 5.19. The third kappa shape index (κ3) is 4.95. The zero-order chi connectivity index (χ0) is 15.1. The van der Waals surface area contributed by atoms with Crippen molar-refractivity contribution in [2.24, 2.45) is 0 Å². The van der Waals surface area contributed by atoms with Gasteiger partial charge in [-0.1, -0.05) is 43.8 Å². The van der Waals surface area contributed by atoms with E-state index >= 15 is 0 Å². The zero-order valence-corrected chi connectivity index (χ0v) is 14.1. The van der Waals surface area contributed by atoms with Crippen LogP contribution in [0.4, 0.5) is 0 Å². The van der Waals surface area contributed by atoms with Crippen LogP contribution in [0.15, 0.2) is 43.7 Å². The summed E-state index contributed by atoms with van der Waals surface area (Å²) in [7, 11) is 0. The first-order chi connectivity index (χ1) is 10.2. The first kappa shape index (κ1) is 16.2. The van der Waals surface area contributed by atoms with E-state index in [1.807, 2.05) is 11.5 Å². The van der Waals surface area contributed by atoms with Crippen molar-refractivity contribution in [3.8, 4) is 0 Å². The SMILES string of the molecule is CCCCc1cc(=O)[nH]c(SCC2=C(CC)C=C=CS2)n1. The van der Waals surface area contributed by atoms with Crippen molar-refractivity contribution in [2.75, 3.05) is 5.75 Å². The van der Waals surface area contributed by atoms with Gasteiger partial charge in [-0.3, -0.25) is 4.79 Å². The fourth-order valence-corrected chi connectivity index (χ4v) is 3.88. The predicted molar refractivity (Wildman–Crippen MR) is 91.8 cm³/mol. The monoisotopic (exact) mass is 320 g/mol. The Bertz CT molecular complexity index is 640. The molecule has 1 aliphatic rings. The highest BCUT2D eigenvalue weighted by Gasteiger charge is 2.08. The highest BCUT2D eigenvalue weighted by molar-refractivity contribution is 8.07. The Labute approximate surface area is 134 Å². The maximum absolute atomic E-state index is 11.7. The molecule has 0 aliphatic carbocycles. The molecule has 112 valence electrons. The number of aromatic amines is 1. The molecule has 21 heavy (non-hydrogen) atoms. The number of aryl methyl sites for hydroxylation is 1. The minimum Gasteiger partial charge on any atom is -0.301 e. The fourth-order valence-electron chi connectivity index (χ4n) is 1.99. The van der Waals surface area contributed by atoms with Crippen molar-refractivity contribution in [2.45, 2.75) is 44.7 Å². The molecule has 1 aliphatic heterocycles. The van der Waals surface area contributed by atoms with Gasteiger partial charge in [0.2, 0.25) is 0 Å². The molecule has 0 fully saturated rings. The highest BCUT2D eigenvalue weighted by atomic mass is 32.2. The maximum Gasteiger partial charge on any atom is 0.251 e. The Hall–Kier alpha value is -1.16. The largest absolute Gasteiger partial charge is 0.301 e. The summed E-state index contributed by atoms with van der Waals surface area (Å²) in [5, 5.41) is 2.69. The second-order valence-electron chi connectivity index (χ2n) is 4.78. The molecule has 3 nitrogen and oxygen atoms in total. The first-order valence-electron chi connectivity index (χ1n) is 7.25. The van der Waals surface area contributed by atoms with Crippen LogP contribution in [0.3, 0.4) is 0 Å². The number of H-pyrrole nitrogens is 1. The van der Waals surface area contributed by atoms with E-state index in [4.69, 9.17) is 0 Å². The molecule has 0 saturated heterocycles. The second-order valence-corrected chi connectivity index (χ2v) is 6.71. The summed E-state index contributed by atoms with van der Waals surface area (Å²) in [4.78, 5) is 20.4. The number of allylic oxidation sites excluding steroid dienone is 2. The van der Waals surface area contributed by atoms with E-state index in [-0.39, 0.29) is 5.56 Å². The quantitative estimate of drug-likeness (QED) is 0.462. The summed E-state index contributed by atoms with van der Waals surface area (Å²) in [6.45, 7) is 4.29. The standard InChI is InChI=1S/C16H20N2OS2/c1-3-5-8-13-10-15(19)18-16(17-13)21-11-14-12(4-2)7-6-9-20-14/h7,9-10H,3-5,8,11H2,1-2H3,(H,17,18,19). The zero-order valence-electron chi connectivity index (χ0n) is 12.4. The number of nitrogens with one attached hydrogen (secondary N) is 1. The summed E-state index contributed by atoms with van der Waals surface area (Å²) < 4.78 is 0. The van der Waals surface area contributed by atoms with Crippen molar-refractivity contribution < 1.29 is 0 Å². The van der Waals surface area contributed by atoms with Gasteiger partial charge in [0.15, 0.2) is 5.16 Å². The van der Waals surface area contributed by atoms with Gasteiger partial charge in [-0.15, -0.1) is 5.73 Å². The highest BCUT2D eigenvalue weighted by Crippen LogP contribution is 2.31. The van der Waals surface area contributed by atoms with E-state index in [9.17, 15) is 4.79 Å². The van der Waals surface area contributed by atoms with Crippen molar-refractivity contribution in [1.82, 2.24) is 9.97 Å². The minimum absolute atomic E-state index is 0.0561.